The van der Waals surface area contributed by atoms with Crippen molar-refractivity contribution in [1.29, 1.82) is 0 Å². The van der Waals surface area contributed by atoms with Crippen molar-refractivity contribution >= 4 is 22.4 Å². The normalized spacial score (nSPS) is 13.0. The van der Waals surface area contributed by atoms with Crippen LogP contribution >= 0.6 is 11.6 Å². The van der Waals surface area contributed by atoms with Gasteiger partial charge in [-0.15, -0.1) is 11.6 Å². The fraction of sp³-hybridized carbons (Fsp3) is 0.167. The fourth-order valence-electron chi connectivity index (χ4n) is 1.50. The Morgan fingerprint density at radius 2 is 1.79 bits per heavy atom. The van der Waals surface area contributed by atoms with Gasteiger partial charge >= 0.3 is 0 Å². The minimum atomic E-state index is -0.568. The van der Waals surface area contributed by atoms with Gasteiger partial charge in [0.2, 0.25) is 0 Å². The van der Waals surface area contributed by atoms with Crippen LogP contribution in [-0.2, 0) is 0 Å². The van der Waals surface area contributed by atoms with Crippen LogP contribution in [0.1, 0.15) is 11.7 Å². The second-order valence-corrected chi connectivity index (χ2v) is 3.59. The number of hydrogen-bond acceptors (Lipinski definition) is 1. The van der Waals surface area contributed by atoms with Gasteiger partial charge in [-0.3, -0.25) is 0 Å². The van der Waals surface area contributed by atoms with E-state index >= 15 is 0 Å². The van der Waals surface area contributed by atoms with Crippen molar-refractivity contribution in [3.05, 3.63) is 48.0 Å². The van der Waals surface area contributed by atoms with Crippen LogP contribution in [-0.4, -0.2) is 11.0 Å². The standard InChI is InChI=1S/C12H11ClO/c13-8-12(14)11-6-5-9-3-1-2-4-10(9)7-11/h1-7,12,14H,8H2/t12-/m0/s1. The van der Waals surface area contributed by atoms with Crippen LogP contribution in [0.2, 0.25) is 0 Å². The van der Waals surface area contributed by atoms with E-state index in [-0.39, 0.29) is 5.88 Å². The number of rotatable bonds is 2. The smallest absolute Gasteiger partial charge is 0.0925 e. The van der Waals surface area contributed by atoms with E-state index in [1.165, 1.54) is 5.39 Å². The number of aliphatic hydroxyl groups is 1. The lowest BCUT2D eigenvalue weighted by Crippen LogP contribution is -1.97. The molecule has 0 heterocycles. The van der Waals surface area contributed by atoms with Crippen LogP contribution in [0.4, 0.5) is 0 Å². The maximum atomic E-state index is 9.56. The SMILES string of the molecule is O[C@@H](CCl)c1ccc2ccccc2c1. The van der Waals surface area contributed by atoms with E-state index in [0.717, 1.165) is 10.9 Å². The number of hydrogen-bond donors (Lipinski definition) is 1. The summed E-state index contributed by atoms with van der Waals surface area (Å²) < 4.78 is 0. The summed E-state index contributed by atoms with van der Waals surface area (Å²) in [5.41, 5.74) is 0.874. The number of benzene rings is 2. The summed E-state index contributed by atoms with van der Waals surface area (Å²) in [6.07, 6.45) is -0.568. The summed E-state index contributed by atoms with van der Waals surface area (Å²) in [6.45, 7) is 0. The molecule has 2 aromatic carbocycles. The number of halogens is 1. The minimum absolute atomic E-state index is 0.234. The molecule has 0 aliphatic heterocycles. The third-order valence-corrected chi connectivity index (χ3v) is 2.60. The zero-order chi connectivity index (χ0) is 9.97. The highest BCUT2D eigenvalue weighted by Crippen LogP contribution is 2.20. The Kier molecular flexibility index (Phi) is 2.71. The molecule has 0 amide bonds. The van der Waals surface area contributed by atoms with Gasteiger partial charge in [0, 0.05) is 0 Å². The van der Waals surface area contributed by atoms with Crippen molar-refractivity contribution in [1.82, 2.24) is 0 Å². The molecule has 72 valence electrons. The quantitative estimate of drug-likeness (QED) is 0.749. The zero-order valence-corrected chi connectivity index (χ0v) is 8.41. The maximum Gasteiger partial charge on any atom is 0.0925 e. The van der Waals surface area contributed by atoms with Crippen molar-refractivity contribution in [2.45, 2.75) is 6.10 Å². The molecule has 0 aromatic heterocycles. The molecule has 0 unspecified atom stereocenters. The summed E-state index contributed by atoms with van der Waals surface area (Å²) in [4.78, 5) is 0. The molecule has 2 aromatic rings. The predicted molar refractivity (Wildman–Crippen MR) is 59.6 cm³/mol. The van der Waals surface area contributed by atoms with Crippen LogP contribution in [0.5, 0.6) is 0 Å². The summed E-state index contributed by atoms with van der Waals surface area (Å²) in [7, 11) is 0. The number of aliphatic hydroxyl groups excluding tert-OH is 1. The highest BCUT2D eigenvalue weighted by molar-refractivity contribution is 6.18. The van der Waals surface area contributed by atoms with Crippen LogP contribution in [0, 0.1) is 0 Å². The van der Waals surface area contributed by atoms with Gasteiger partial charge in [-0.1, -0.05) is 36.4 Å². The Morgan fingerprint density at radius 3 is 2.50 bits per heavy atom. The molecular formula is C12H11ClO. The molecule has 0 aliphatic rings. The third-order valence-electron chi connectivity index (χ3n) is 2.30. The molecule has 1 atom stereocenters. The largest absolute Gasteiger partial charge is 0.387 e. The average molecular weight is 207 g/mol. The second kappa shape index (κ2) is 3.99. The molecular weight excluding hydrogens is 196 g/mol. The average Bonchev–Trinajstić information content (AvgIpc) is 2.27. The molecule has 14 heavy (non-hydrogen) atoms. The van der Waals surface area contributed by atoms with Crippen LogP contribution in [0.25, 0.3) is 10.8 Å². The molecule has 0 saturated carbocycles. The second-order valence-electron chi connectivity index (χ2n) is 3.28. The Morgan fingerprint density at radius 1 is 1.07 bits per heavy atom. The van der Waals surface area contributed by atoms with Gasteiger partial charge in [0.25, 0.3) is 0 Å². The Hall–Kier alpha value is -1.05. The van der Waals surface area contributed by atoms with Crippen molar-refractivity contribution in [3.8, 4) is 0 Å². The van der Waals surface area contributed by atoms with Gasteiger partial charge in [-0.25, -0.2) is 0 Å². The summed E-state index contributed by atoms with van der Waals surface area (Å²) in [6, 6.07) is 13.9. The molecule has 0 fully saturated rings. The molecule has 0 radical (unpaired) electrons. The first-order valence-corrected chi connectivity index (χ1v) is 5.07. The van der Waals surface area contributed by atoms with Gasteiger partial charge in [0.1, 0.15) is 0 Å². The molecule has 0 aliphatic carbocycles. The number of alkyl halides is 1. The van der Waals surface area contributed by atoms with E-state index in [1.807, 2.05) is 42.5 Å². The predicted octanol–water partition coefficient (Wildman–Crippen LogP) is 3.11. The zero-order valence-electron chi connectivity index (χ0n) is 7.65. The van der Waals surface area contributed by atoms with Gasteiger partial charge in [-0.2, -0.15) is 0 Å². The van der Waals surface area contributed by atoms with Gasteiger partial charge in [-0.05, 0) is 22.4 Å². The van der Waals surface area contributed by atoms with E-state index in [4.69, 9.17) is 11.6 Å². The van der Waals surface area contributed by atoms with Gasteiger partial charge in [0.05, 0.1) is 12.0 Å². The van der Waals surface area contributed by atoms with E-state index in [2.05, 4.69) is 0 Å². The van der Waals surface area contributed by atoms with Crippen LogP contribution in [0.15, 0.2) is 42.5 Å². The molecule has 2 heteroatoms. The van der Waals surface area contributed by atoms with Crippen molar-refractivity contribution in [2.24, 2.45) is 0 Å². The van der Waals surface area contributed by atoms with Crippen molar-refractivity contribution < 1.29 is 5.11 Å². The van der Waals surface area contributed by atoms with Crippen LogP contribution < -0.4 is 0 Å². The first-order valence-electron chi connectivity index (χ1n) is 4.54. The van der Waals surface area contributed by atoms with E-state index in [9.17, 15) is 5.11 Å². The molecule has 0 spiro atoms. The molecule has 0 saturated heterocycles. The third kappa shape index (κ3) is 1.74. The maximum absolute atomic E-state index is 9.56. The molecule has 1 nitrogen and oxygen atoms in total. The Bertz CT molecular complexity index is 439. The Labute approximate surface area is 87.9 Å². The highest BCUT2D eigenvalue weighted by atomic mass is 35.5. The Balaban J connectivity index is 2.51. The summed E-state index contributed by atoms with van der Waals surface area (Å²) >= 11 is 5.59. The number of fused-ring (bicyclic) bond motifs is 1. The first-order chi connectivity index (χ1) is 6.81. The lowest BCUT2D eigenvalue weighted by atomic mass is 10.0. The summed E-state index contributed by atoms with van der Waals surface area (Å²) in [5, 5.41) is 11.9. The lowest BCUT2D eigenvalue weighted by Gasteiger charge is -2.07. The highest BCUT2D eigenvalue weighted by Gasteiger charge is 2.05. The van der Waals surface area contributed by atoms with Crippen molar-refractivity contribution in [3.63, 3.8) is 0 Å². The summed E-state index contributed by atoms with van der Waals surface area (Å²) in [5.74, 6) is 0.234. The van der Waals surface area contributed by atoms with E-state index in [1.54, 1.807) is 0 Å². The van der Waals surface area contributed by atoms with Gasteiger partial charge < -0.3 is 5.11 Å². The monoisotopic (exact) mass is 206 g/mol. The van der Waals surface area contributed by atoms with Crippen molar-refractivity contribution in [2.75, 3.05) is 5.88 Å². The fourth-order valence-corrected chi connectivity index (χ4v) is 1.68. The van der Waals surface area contributed by atoms with Crippen LogP contribution in [0.3, 0.4) is 0 Å². The van der Waals surface area contributed by atoms with E-state index in [0.29, 0.717) is 0 Å². The topological polar surface area (TPSA) is 20.2 Å². The van der Waals surface area contributed by atoms with E-state index < -0.39 is 6.10 Å². The minimum Gasteiger partial charge on any atom is -0.387 e. The lowest BCUT2D eigenvalue weighted by molar-refractivity contribution is 0.203. The molecule has 2 rings (SSSR count). The molecule has 1 N–H and O–H groups in total. The molecule has 0 bridgehead atoms. The van der Waals surface area contributed by atoms with Gasteiger partial charge in [0.15, 0.2) is 0 Å². The first kappa shape index (κ1) is 9.50.